The molecule has 5 heteroatoms. The molecule has 1 atom stereocenters. The molecule has 0 saturated heterocycles. The number of hydrogen-bond acceptors (Lipinski definition) is 3. The molecule has 1 amide bonds. The SMILES string of the molecule is COCC1(CNC(=O)[C@@H](c2cccc(F)c2)N(C)C)CCCC1. The Morgan fingerprint density at radius 2 is 2.09 bits per heavy atom. The smallest absolute Gasteiger partial charge is 0.241 e. The van der Waals surface area contributed by atoms with Crippen molar-refractivity contribution in [1.82, 2.24) is 10.2 Å². The molecule has 0 heterocycles. The number of likely N-dealkylation sites (N-methyl/N-ethyl adjacent to an activating group) is 1. The van der Waals surface area contributed by atoms with Gasteiger partial charge in [-0.3, -0.25) is 9.69 Å². The molecular formula is C18H27FN2O2. The van der Waals surface area contributed by atoms with Gasteiger partial charge in [0, 0.05) is 19.1 Å². The summed E-state index contributed by atoms with van der Waals surface area (Å²) in [7, 11) is 5.36. The van der Waals surface area contributed by atoms with Crippen LogP contribution in [0.25, 0.3) is 0 Å². The highest BCUT2D eigenvalue weighted by atomic mass is 19.1. The Kier molecular flexibility index (Phi) is 6.13. The van der Waals surface area contributed by atoms with E-state index in [0.29, 0.717) is 18.7 Å². The largest absolute Gasteiger partial charge is 0.384 e. The molecule has 23 heavy (non-hydrogen) atoms. The van der Waals surface area contributed by atoms with Crippen LogP contribution in [-0.2, 0) is 9.53 Å². The van der Waals surface area contributed by atoms with Crippen molar-refractivity contribution >= 4 is 5.91 Å². The van der Waals surface area contributed by atoms with E-state index in [2.05, 4.69) is 5.32 Å². The zero-order chi connectivity index (χ0) is 16.9. The second kappa shape index (κ2) is 7.88. The number of carbonyl (C=O) groups excluding carboxylic acids is 1. The Morgan fingerprint density at radius 3 is 2.65 bits per heavy atom. The van der Waals surface area contributed by atoms with Crippen molar-refractivity contribution in [1.29, 1.82) is 0 Å². The van der Waals surface area contributed by atoms with Crippen LogP contribution in [0.2, 0.25) is 0 Å². The maximum atomic E-state index is 13.5. The average molecular weight is 322 g/mol. The van der Waals surface area contributed by atoms with E-state index < -0.39 is 6.04 Å². The predicted octanol–water partition coefficient (Wildman–Crippen LogP) is 2.75. The quantitative estimate of drug-likeness (QED) is 0.839. The minimum atomic E-state index is -0.494. The summed E-state index contributed by atoms with van der Waals surface area (Å²) in [6, 6.07) is 5.74. The van der Waals surface area contributed by atoms with E-state index in [4.69, 9.17) is 4.74 Å². The van der Waals surface area contributed by atoms with Crippen molar-refractivity contribution in [2.75, 3.05) is 34.4 Å². The highest BCUT2D eigenvalue weighted by Gasteiger charge is 2.35. The van der Waals surface area contributed by atoms with Gasteiger partial charge in [0.15, 0.2) is 0 Å². The first kappa shape index (κ1) is 17.9. The van der Waals surface area contributed by atoms with Gasteiger partial charge in [-0.2, -0.15) is 0 Å². The van der Waals surface area contributed by atoms with Crippen LogP contribution in [0.3, 0.4) is 0 Å². The van der Waals surface area contributed by atoms with Crippen molar-refractivity contribution in [2.45, 2.75) is 31.7 Å². The van der Waals surface area contributed by atoms with Gasteiger partial charge in [-0.15, -0.1) is 0 Å². The summed E-state index contributed by atoms with van der Waals surface area (Å²) in [4.78, 5) is 14.5. The van der Waals surface area contributed by atoms with Crippen LogP contribution in [0.5, 0.6) is 0 Å². The monoisotopic (exact) mass is 322 g/mol. The molecule has 1 N–H and O–H groups in total. The van der Waals surface area contributed by atoms with Gasteiger partial charge in [-0.05, 0) is 44.6 Å². The van der Waals surface area contributed by atoms with E-state index in [1.165, 1.54) is 25.0 Å². The fourth-order valence-corrected chi connectivity index (χ4v) is 3.54. The average Bonchev–Trinajstić information content (AvgIpc) is 2.94. The summed E-state index contributed by atoms with van der Waals surface area (Å²) in [5.41, 5.74) is 0.711. The number of rotatable bonds is 7. The van der Waals surface area contributed by atoms with E-state index in [1.807, 2.05) is 19.0 Å². The van der Waals surface area contributed by atoms with Crippen molar-refractivity contribution in [3.8, 4) is 0 Å². The van der Waals surface area contributed by atoms with Crippen molar-refractivity contribution in [2.24, 2.45) is 5.41 Å². The topological polar surface area (TPSA) is 41.6 Å². The second-order valence-electron chi connectivity index (χ2n) is 6.78. The Labute approximate surface area is 138 Å². The van der Waals surface area contributed by atoms with E-state index >= 15 is 0 Å². The molecule has 0 aromatic heterocycles. The zero-order valence-corrected chi connectivity index (χ0v) is 14.3. The molecule has 1 aromatic rings. The Morgan fingerprint density at radius 1 is 1.39 bits per heavy atom. The highest BCUT2D eigenvalue weighted by molar-refractivity contribution is 5.83. The van der Waals surface area contributed by atoms with Crippen LogP contribution >= 0.6 is 0 Å². The summed E-state index contributed by atoms with van der Waals surface area (Å²) in [5.74, 6) is -0.420. The lowest BCUT2D eigenvalue weighted by molar-refractivity contribution is -0.126. The number of carbonyl (C=O) groups is 1. The lowest BCUT2D eigenvalue weighted by Crippen LogP contribution is -2.43. The molecule has 0 spiro atoms. The van der Waals surface area contributed by atoms with E-state index in [0.717, 1.165) is 12.8 Å². The Balaban J connectivity index is 2.07. The third-order valence-electron chi connectivity index (χ3n) is 4.68. The van der Waals surface area contributed by atoms with Gasteiger partial charge < -0.3 is 10.1 Å². The molecule has 1 saturated carbocycles. The lowest BCUT2D eigenvalue weighted by atomic mass is 9.87. The van der Waals surface area contributed by atoms with Crippen molar-refractivity contribution < 1.29 is 13.9 Å². The van der Waals surface area contributed by atoms with Crippen LogP contribution in [0.1, 0.15) is 37.3 Å². The van der Waals surface area contributed by atoms with Crippen LogP contribution in [-0.4, -0.2) is 45.2 Å². The third kappa shape index (κ3) is 4.52. The van der Waals surface area contributed by atoms with Gasteiger partial charge in [0.1, 0.15) is 11.9 Å². The zero-order valence-electron chi connectivity index (χ0n) is 14.3. The van der Waals surface area contributed by atoms with Crippen LogP contribution in [0.4, 0.5) is 4.39 Å². The highest BCUT2D eigenvalue weighted by Crippen LogP contribution is 2.37. The summed E-state index contributed by atoms with van der Waals surface area (Å²) in [6.45, 7) is 1.28. The maximum Gasteiger partial charge on any atom is 0.241 e. The van der Waals surface area contributed by atoms with Gasteiger partial charge in [0.25, 0.3) is 0 Å². The summed E-state index contributed by atoms with van der Waals surface area (Å²) in [5, 5.41) is 3.07. The van der Waals surface area contributed by atoms with E-state index in [9.17, 15) is 9.18 Å². The molecular weight excluding hydrogens is 295 g/mol. The first-order chi connectivity index (χ1) is 11.0. The van der Waals surface area contributed by atoms with Crippen LogP contribution in [0, 0.1) is 11.2 Å². The Bertz CT molecular complexity index is 528. The van der Waals surface area contributed by atoms with Gasteiger partial charge >= 0.3 is 0 Å². The first-order valence-corrected chi connectivity index (χ1v) is 8.16. The maximum absolute atomic E-state index is 13.5. The second-order valence-corrected chi connectivity index (χ2v) is 6.78. The molecule has 0 bridgehead atoms. The number of nitrogens with zero attached hydrogens (tertiary/aromatic N) is 1. The molecule has 2 rings (SSSR count). The van der Waals surface area contributed by atoms with Crippen LogP contribution in [0.15, 0.2) is 24.3 Å². The fourth-order valence-electron chi connectivity index (χ4n) is 3.54. The number of hydrogen-bond donors (Lipinski definition) is 1. The van der Waals surface area contributed by atoms with Gasteiger partial charge in [-0.1, -0.05) is 25.0 Å². The van der Waals surface area contributed by atoms with Crippen molar-refractivity contribution in [3.05, 3.63) is 35.6 Å². The number of amides is 1. The van der Waals surface area contributed by atoms with E-state index in [-0.39, 0.29) is 17.1 Å². The van der Waals surface area contributed by atoms with E-state index in [1.54, 1.807) is 19.2 Å². The van der Waals surface area contributed by atoms with Gasteiger partial charge in [-0.25, -0.2) is 4.39 Å². The van der Waals surface area contributed by atoms with Crippen LogP contribution < -0.4 is 5.32 Å². The molecule has 4 nitrogen and oxygen atoms in total. The number of ether oxygens (including phenoxy) is 1. The number of halogens is 1. The number of benzene rings is 1. The minimum absolute atomic E-state index is 0.0449. The van der Waals surface area contributed by atoms with Crippen molar-refractivity contribution in [3.63, 3.8) is 0 Å². The molecule has 1 aliphatic rings. The summed E-state index contributed by atoms with van der Waals surface area (Å²) >= 11 is 0. The standard InChI is InChI=1S/C18H27FN2O2/c1-21(2)16(14-7-6-8-15(19)11-14)17(22)20-12-18(13-23-3)9-4-5-10-18/h6-8,11,16H,4-5,9-10,12-13H2,1-3H3,(H,20,22)/t16-/m1/s1. The third-order valence-corrected chi connectivity index (χ3v) is 4.68. The molecule has 1 aromatic carbocycles. The molecule has 0 unspecified atom stereocenters. The number of methoxy groups -OCH3 is 1. The van der Waals surface area contributed by atoms with Gasteiger partial charge in [0.05, 0.1) is 6.61 Å². The normalized spacial score (nSPS) is 18.1. The number of nitrogens with one attached hydrogen (secondary N) is 1. The summed E-state index contributed by atoms with van der Waals surface area (Å²) < 4.78 is 18.8. The molecule has 0 radical (unpaired) electrons. The molecule has 128 valence electrons. The molecule has 1 aliphatic carbocycles. The Hall–Kier alpha value is -1.46. The minimum Gasteiger partial charge on any atom is -0.384 e. The molecule has 1 fully saturated rings. The fraction of sp³-hybridized carbons (Fsp3) is 0.611. The predicted molar refractivity (Wildman–Crippen MR) is 88.6 cm³/mol. The lowest BCUT2D eigenvalue weighted by Gasteiger charge is -2.30. The first-order valence-electron chi connectivity index (χ1n) is 8.16. The van der Waals surface area contributed by atoms with Gasteiger partial charge in [0.2, 0.25) is 5.91 Å². The molecule has 0 aliphatic heterocycles. The summed E-state index contributed by atoms with van der Waals surface area (Å²) in [6.07, 6.45) is 4.52.